The fraction of sp³-hybridized carbons (Fsp3) is 0.207. The van der Waals surface area contributed by atoms with Crippen molar-refractivity contribution in [3.05, 3.63) is 90.8 Å². The van der Waals surface area contributed by atoms with Crippen LogP contribution in [0.15, 0.2) is 89.6 Å². The van der Waals surface area contributed by atoms with Crippen molar-refractivity contribution in [1.29, 1.82) is 0 Å². The summed E-state index contributed by atoms with van der Waals surface area (Å²) in [6, 6.07) is 12.8. The smallest absolute Gasteiger partial charge is 0.228 e. The molecule has 0 radical (unpaired) electrons. The van der Waals surface area contributed by atoms with E-state index in [-0.39, 0.29) is 17.9 Å². The van der Waals surface area contributed by atoms with Crippen molar-refractivity contribution in [2.75, 3.05) is 5.32 Å². The van der Waals surface area contributed by atoms with E-state index in [2.05, 4.69) is 25.4 Å². The Bertz CT molecular complexity index is 1680. The van der Waals surface area contributed by atoms with E-state index >= 15 is 0 Å². The predicted molar refractivity (Wildman–Crippen MR) is 149 cm³/mol. The Labute approximate surface area is 228 Å². The first-order valence-corrected chi connectivity index (χ1v) is 13.5. The fourth-order valence-corrected chi connectivity index (χ4v) is 4.98. The lowest BCUT2D eigenvalue weighted by Gasteiger charge is -2.18. The third kappa shape index (κ3) is 6.01. The van der Waals surface area contributed by atoms with Gasteiger partial charge in [0.15, 0.2) is 0 Å². The van der Waals surface area contributed by atoms with Crippen LogP contribution < -0.4 is 10.1 Å². The number of hydrogen-bond acceptors (Lipinski definition) is 7. The van der Waals surface area contributed by atoms with Crippen LogP contribution in [-0.2, 0) is 27.6 Å². The Morgan fingerprint density at radius 3 is 2.56 bits per heavy atom. The van der Waals surface area contributed by atoms with Crippen LogP contribution in [0, 0.1) is 6.92 Å². The second kappa shape index (κ2) is 10.7. The Morgan fingerprint density at radius 2 is 1.85 bits per heavy atom. The van der Waals surface area contributed by atoms with Gasteiger partial charge < -0.3 is 10.1 Å². The summed E-state index contributed by atoms with van der Waals surface area (Å²) in [5.74, 6) is 1.11. The number of hydrogen-bond donors (Lipinski definition) is 1. The molecule has 9 nitrogen and oxygen atoms in total. The Morgan fingerprint density at radius 1 is 1.00 bits per heavy atom. The first kappa shape index (κ1) is 26.2. The molecule has 1 amide bonds. The number of nitrogens with zero attached hydrogens (tertiary/aromatic N) is 5. The zero-order valence-corrected chi connectivity index (χ0v) is 22.9. The number of ether oxygens (including phenoxy) is 1. The van der Waals surface area contributed by atoms with Crippen LogP contribution in [0.4, 0.5) is 5.69 Å². The van der Waals surface area contributed by atoms with Crippen LogP contribution in [0.5, 0.6) is 11.5 Å². The SMILES string of the molecule is Cc1cc(CC(=O)Nc2cnn(C(C)(C)C)c2)ccc1Oc1ccnc2ccc(S(=O)c3cnccn3)cc12. The predicted octanol–water partition coefficient (Wildman–Crippen LogP) is 5.42. The van der Waals surface area contributed by atoms with Gasteiger partial charge >= 0.3 is 0 Å². The van der Waals surface area contributed by atoms with Crippen molar-refractivity contribution in [3.8, 4) is 11.5 Å². The molecule has 5 rings (SSSR count). The summed E-state index contributed by atoms with van der Waals surface area (Å²) < 4.78 is 21.1. The van der Waals surface area contributed by atoms with Gasteiger partial charge in [-0.25, -0.2) is 9.19 Å². The number of aryl methyl sites for hydroxylation is 1. The van der Waals surface area contributed by atoms with Gasteiger partial charge in [-0.05, 0) is 69.2 Å². The van der Waals surface area contributed by atoms with Gasteiger partial charge in [0.1, 0.15) is 27.3 Å². The summed E-state index contributed by atoms with van der Waals surface area (Å²) in [6.45, 7) is 8.08. The number of aromatic nitrogens is 5. The highest BCUT2D eigenvalue weighted by molar-refractivity contribution is 7.85. The van der Waals surface area contributed by atoms with E-state index in [1.54, 1.807) is 36.8 Å². The number of carbonyl (C=O) groups is 1. The van der Waals surface area contributed by atoms with E-state index in [4.69, 9.17) is 4.74 Å². The molecule has 0 aliphatic carbocycles. The van der Waals surface area contributed by atoms with Gasteiger partial charge in [0.2, 0.25) is 5.91 Å². The van der Waals surface area contributed by atoms with E-state index in [9.17, 15) is 9.00 Å². The van der Waals surface area contributed by atoms with Gasteiger partial charge in [0.25, 0.3) is 0 Å². The third-order valence-corrected chi connectivity index (χ3v) is 7.27. The number of amides is 1. The van der Waals surface area contributed by atoms with Crippen LogP contribution in [0.25, 0.3) is 10.9 Å². The van der Waals surface area contributed by atoms with Gasteiger partial charge in [-0.1, -0.05) is 12.1 Å². The minimum absolute atomic E-state index is 0.125. The van der Waals surface area contributed by atoms with Crippen LogP contribution in [0.3, 0.4) is 0 Å². The minimum Gasteiger partial charge on any atom is -0.456 e. The summed E-state index contributed by atoms with van der Waals surface area (Å²) in [7, 11) is -1.49. The van der Waals surface area contributed by atoms with Crippen LogP contribution in [-0.4, -0.2) is 34.8 Å². The number of carbonyl (C=O) groups excluding carboxylic acids is 1. The molecule has 5 aromatic rings. The molecule has 0 spiro atoms. The van der Waals surface area contributed by atoms with Crippen molar-refractivity contribution >= 4 is 33.3 Å². The minimum atomic E-state index is -1.49. The summed E-state index contributed by atoms with van der Waals surface area (Å²) in [6.07, 6.45) is 9.92. The van der Waals surface area contributed by atoms with Gasteiger partial charge in [-0.2, -0.15) is 5.10 Å². The van der Waals surface area contributed by atoms with E-state index in [1.807, 2.05) is 62.8 Å². The molecule has 10 heteroatoms. The lowest BCUT2D eigenvalue weighted by molar-refractivity contribution is -0.115. The molecule has 0 bridgehead atoms. The lowest BCUT2D eigenvalue weighted by Crippen LogP contribution is -2.22. The summed E-state index contributed by atoms with van der Waals surface area (Å²) in [5, 5.41) is 8.34. The Balaban J connectivity index is 1.32. The number of fused-ring (bicyclic) bond motifs is 1. The highest BCUT2D eigenvalue weighted by atomic mass is 32.2. The Hall–Kier alpha value is -4.44. The van der Waals surface area contributed by atoms with Crippen LogP contribution >= 0.6 is 0 Å². The second-order valence-electron chi connectivity index (χ2n) is 10.1. The summed E-state index contributed by atoms with van der Waals surface area (Å²) in [4.78, 5) is 25.8. The van der Waals surface area contributed by atoms with Gasteiger partial charge in [-0.3, -0.25) is 19.4 Å². The standard InChI is InChI=1S/C29H28N6O3S/c1-19-13-20(14-27(36)34-21-16-33-35(18-21)29(2,3)4)5-8-25(19)38-26-9-10-31-24-7-6-22(15-23(24)26)39(37)28-17-30-11-12-32-28/h5-13,15-18H,14H2,1-4H3,(H,34,36). The van der Waals surface area contributed by atoms with Crippen molar-refractivity contribution in [2.45, 2.75) is 49.6 Å². The third-order valence-electron chi connectivity index (χ3n) is 5.99. The molecule has 39 heavy (non-hydrogen) atoms. The van der Waals surface area contributed by atoms with E-state index in [0.29, 0.717) is 32.6 Å². The maximum atomic E-state index is 13.0. The number of anilines is 1. The largest absolute Gasteiger partial charge is 0.456 e. The highest BCUT2D eigenvalue weighted by Crippen LogP contribution is 2.32. The molecule has 3 heterocycles. The average molecular weight is 541 g/mol. The molecule has 2 aromatic carbocycles. The summed E-state index contributed by atoms with van der Waals surface area (Å²) in [5.41, 5.74) is 2.96. The average Bonchev–Trinajstić information content (AvgIpc) is 3.39. The molecule has 0 fully saturated rings. The van der Waals surface area contributed by atoms with Gasteiger partial charge in [-0.15, -0.1) is 0 Å². The number of benzene rings is 2. The van der Waals surface area contributed by atoms with Crippen molar-refractivity contribution < 1.29 is 13.7 Å². The maximum absolute atomic E-state index is 13.0. The number of pyridine rings is 1. The zero-order chi connectivity index (χ0) is 27.6. The molecule has 0 aliphatic rings. The number of nitrogens with one attached hydrogen (secondary N) is 1. The normalized spacial score (nSPS) is 12.3. The molecule has 1 unspecified atom stereocenters. The molecule has 198 valence electrons. The lowest BCUT2D eigenvalue weighted by atomic mass is 10.1. The first-order chi connectivity index (χ1) is 18.7. The molecular formula is C29H28N6O3S. The van der Waals surface area contributed by atoms with Crippen molar-refractivity contribution in [3.63, 3.8) is 0 Å². The van der Waals surface area contributed by atoms with Gasteiger partial charge in [0.05, 0.1) is 35.6 Å². The highest BCUT2D eigenvalue weighted by Gasteiger charge is 2.16. The van der Waals surface area contributed by atoms with Crippen LogP contribution in [0.2, 0.25) is 0 Å². The van der Waals surface area contributed by atoms with E-state index in [0.717, 1.165) is 16.5 Å². The van der Waals surface area contributed by atoms with Gasteiger partial charge in [0, 0.05) is 35.1 Å². The molecule has 0 saturated carbocycles. The maximum Gasteiger partial charge on any atom is 0.228 e. The van der Waals surface area contributed by atoms with Crippen molar-refractivity contribution in [1.82, 2.24) is 24.7 Å². The summed E-state index contributed by atoms with van der Waals surface area (Å²) >= 11 is 0. The number of rotatable bonds is 7. The topological polar surface area (TPSA) is 112 Å². The molecular weight excluding hydrogens is 512 g/mol. The Kier molecular flexibility index (Phi) is 7.21. The zero-order valence-electron chi connectivity index (χ0n) is 22.1. The first-order valence-electron chi connectivity index (χ1n) is 12.4. The molecule has 0 aliphatic heterocycles. The quantitative estimate of drug-likeness (QED) is 0.293. The van der Waals surface area contributed by atoms with E-state index < -0.39 is 10.8 Å². The second-order valence-corrected chi connectivity index (χ2v) is 11.5. The molecule has 3 aromatic heterocycles. The molecule has 1 N–H and O–H groups in total. The van der Waals surface area contributed by atoms with Crippen molar-refractivity contribution in [2.24, 2.45) is 0 Å². The van der Waals surface area contributed by atoms with E-state index in [1.165, 1.54) is 12.4 Å². The monoisotopic (exact) mass is 540 g/mol. The molecule has 0 saturated heterocycles. The molecule has 1 atom stereocenters. The van der Waals surface area contributed by atoms with Crippen LogP contribution in [0.1, 0.15) is 31.9 Å². The fourth-order valence-electron chi connectivity index (χ4n) is 4.01.